The number of halogens is 1. The first-order valence-electron chi connectivity index (χ1n) is 5.44. The normalized spacial score (nSPS) is 27.3. The Bertz CT molecular complexity index is 480. The van der Waals surface area contributed by atoms with Crippen molar-refractivity contribution in [3.8, 4) is 0 Å². The molecular weight excluding hydrogens is 261 g/mol. The van der Waals surface area contributed by atoms with Crippen LogP contribution in [0.15, 0.2) is 11.6 Å². The summed E-state index contributed by atoms with van der Waals surface area (Å²) in [5, 5.41) is 9.07. The number of hydroxylamine groups is 2. The highest BCUT2D eigenvalue weighted by Crippen LogP contribution is 2.30. The van der Waals surface area contributed by atoms with Crippen molar-refractivity contribution in [1.29, 1.82) is 0 Å². The van der Waals surface area contributed by atoms with Crippen LogP contribution in [-0.2, 0) is 14.4 Å². The molecule has 0 saturated carbocycles. The maximum Gasteiger partial charge on any atom is 0.368 e. The number of carboxylic acid groups (broad SMARTS) is 1. The lowest BCUT2D eigenvalue weighted by atomic mass is 10.0. The van der Waals surface area contributed by atoms with Crippen LogP contribution in [0.25, 0.3) is 0 Å². The molecule has 0 aromatic heterocycles. The van der Waals surface area contributed by atoms with Gasteiger partial charge in [-0.25, -0.2) is 18.8 Å². The van der Waals surface area contributed by atoms with Gasteiger partial charge in [0.15, 0.2) is 0 Å². The average molecular weight is 273 g/mol. The number of urea groups is 1. The molecule has 0 aromatic carbocycles. The number of fused-ring (bicyclic) bond motifs is 2. The summed E-state index contributed by atoms with van der Waals surface area (Å²) in [5.74, 6) is -2.56. The maximum atomic E-state index is 13.0. The Morgan fingerprint density at radius 2 is 2.26 bits per heavy atom. The molecule has 3 amide bonds. The lowest BCUT2D eigenvalue weighted by Gasteiger charge is -2.26. The highest BCUT2D eigenvalue weighted by atomic mass is 19.1. The Hall–Kier alpha value is -2.16. The number of alkyl halides is 1. The summed E-state index contributed by atoms with van der Waals surface area (Å²) in [4.78, 5) is 39.1. The highest BCUT2D eigenvalue weighted by Gasteiger charge is 2.48. The predicted octanol–water partition coefficient (Wildman–Crippen LogP) is -0.782. The minimum atomic E-state index is -2.65. The predicted molar refractivity (Wildman–Crippen MR) is 58.1 cm³/mol. The fourth-order valence-electron chi connectivity index (χ4n) is 2.11. The van der Waals surface area contributed by atoms with Gasteiger partial charge in [0.2, 0.25) is 5.91 Å². The average Bonchev–Trinajstić information content (AvgIpc) is 2.60. The van der Waals surface area contributed by atoms with Crippen molar-refractivity contribution in [1.82, 2.24) is 9.96 Å². The van der Waals surface area contributed by atoms with Crippen LogP contribution < -0.4 is 5.73 Å². The summed E-state index contributed by atoms with van der Waals surface area (Å²) in [7, 11) is 0. The topological polar surface area (TPSA) is 113 Å². The van der Waals surface area contributed by atoms with E-state index in [1.807, 2.05) is 0 Å². The van der Waals surface area contributed by atoms with Gasteiger partial charge in [0.05, 0.1) is 6.54 Å². The fourth-order valence-corrected chi connectivity index (χ4v) is 2.11. The summed E-state index contributed by atoms with van der Waals surface area (Å²) in [5.41, 5.74) is 5.75. The molecule has 2 aliphatic heterocycles. The Labute approximate surface area is 107 Å². The van der Waals surface area contributed by atoms with Gasteiger partial charge in [0.1, 0.15) is 12.1 Å². The number of hydrogen-bond acceptors (Lipinski definition) is 4. The molecule has 1 saturated heterocycles. The van der Waals surface area contributed by atoms with E-state index in [0.717, 1.165) is 4.90 Å². The van der Waals surface area contributed by atoms with E-state index in [0.29, 0.717) is 10.6 Å². The molecule has 8 nitrogen and oxygen atoms in total. The number of nitrogens with zero attached hydrogens (tertiary/aromatic N) is 2. The molecule has 2 heterocycles. The number of carboxylic acids is 1. The van der Waals surface area contributed by atoms with Gasteiger partial charge in [0.25, 0.3) is 0 Å². The Morgan fingerprint density at radius 1 is 1.63 bits per heavy atom. The van der Waals surface area contributed by atoms with Crippen LogP contribution >= 0.6 is 0 Å². The van der Waals surface area contributed by atoms with E-state index < -0.39 is 36.3 Å². The van der Waals surface area contributed by atoms with Crippen LogP contribution in [0.5, 0.6) is 0 Å². The molecule has 0 spiro atoms. The van der Waals surface area contributed by atoms with Crippen LogP contribution in [0.2, 0.25) is 0 Å². The number of carbonyl (C=O) groups is 3. The molecule has 3 atom stereocenters. The molecule has 2 rings (SSSR count). The van der Waals surface area contributed by atoms with Crippen molar-refractivity contribution in [3.05, 3.63) is 11.6 Å². The Balaban J connectivity index is 2.23. The number of carbonyl (C=O) groups excluding carboxylic acids is 2. The molecule has 0 aliphatic carbocycles. The second-order valence-corrected chi connectivity index (χ2v) is 4.29. The van der Waals surface area contributed by atoms with Crippen molar-refractivity contribution < 1.29 is 28.7 Å². The monoisotopic (exact) mass is 273 g/mol. The minimum Gasteiger partial charge on any atom is -0.477 e. The van der Waals surface area contributed by atoms with Crippen molar-refractivity contribution in [3.63, 3.8) is 0 Å². The number of amides is 3. The molecule has 9 heteroatoms. The largest absolute Gasteiger partial charge is 0.477 e. The van der Waals surface area contributed by atoms with Gasteiger partial charge in [-0.05, 0) is 12.5 Å². The third-order valence-electron chi connectivity index (χ3n) is 3.06. The van der Waals surface area contributed by atoms with Crippen LogP contribution in [0, 0.1) is 0 Å². The van der Waals surface area contributed by atoms with Gasteiger partial charge < -0.3 is 15.7 Å². The zero-order chi connectivity index (χ0) is 14.3. The lowest BCUT2D eigenvalue weighted by Crippen LogP contribution is -2.46. The van der Waals surface area contributed by atoms with Crippen LogP contribution in [0.3, 0.4) is 0 Å². The number of nitrogens with two attached hydrogens (primary N) is 1. The highest BCUT2D eigenvalue weighted by molar-refractivity contribution is 5.90. The third-order valence-corrected chi connectivity index (χ3v) is 3.06. The Morgan fingerprint density at radius 3 is 2.79 bits per heavy atom. The number of rotatable bonds is 4. The van der Waals surface area contributed by atoms with E-state index >= 15 is 0 Å². The first-order chi connectivity index (χ1) is 8.82. The van der Waals surface area contributed by atoms with E-state index in [1.165, 1.54) is 6.08 Å². The molecular formula is C10H12FN3O5. The second kappa shape index (κ2) is 4.50. The number of primary amides is 1. The van der Waals surface area contributed by atoms with Crippen molar-refractivity contribution in [2.24, 2.45) is 5.73 Å². The molecule has 0 unspecified atom stereocenters. The Kier molecular flexibility index (Phi) is 3.14. The smallest absolute Gasteiger partial charge is 0.368 e. The fraction of sp³-hybridized carbons (Fsp3) is 0.500. The molecule has 3 N–H and O–H groups in total. The zero-order valence-corrected chi connectivity index (χ0v) is 9.95. The van der Waals surface area contributed by atoms with E-state index in [9.17, 15) is 18.8 Å². The maximum absolute atomic E-state index is 13.0. The third kappa shape index (κ3) is 2.12. The van der Waals surface area contributed by atoms with E-state index in [2.05, 4.69) is 4.84 Å². The summed E-state index contributed by atoms with van der Waals surface area (Å²) in [6.07, 6.45) is -1.17. The molecule has 1 fully saturated rings. The summed E-state index contributed by atoms with van der Waals surface area (Å²) in [6.45, 7) is 1.72. The zero-order valence-electron chi connectivity index (χ0n) is 9.95. The first-order valence-corrected chi connectivity index (χ1v) is 5.44. The SMILES string of the molecule is CC1=C[C@@H](C(N)=O)N2C[C@@H]1N(O[C@H](F)C(=O)O)C2=O. The quantitative estimate of drug-likeness (QED) is 0.652. The summed E-state index contributed by atoms with van der Waals surface area (Å²) in [6, 6.07) is -2.34. The van der Waals surface area contributed by atoms with Crippen LogP contribution in [-0.4, -0.2) is 58.0 Å². The molecule has 0 radical (unpaired) electrons. The van der Waals surface area contributed by atoms with Gasteiger partial charge in [-0.3, -0.25) is 4.79 Å². The molecule has 19 heavy (non-hydrogen) atoms. The molecule has 0 aromatic rings. The van der Waals surface area contributed by atoms with E-state index in [4.69, 9.17) is 10.8 Å². The van der Waals surface area contributed by atoms with Gasteiger partial charge in [-0.1, -0.05) is 6.08 Å². The number of aliphatic carboxylic acids is 1. The van der Waals surface area contributed by atoms with Crippen LogP contribution in [0.4, 0.5) is 9.18 Å². The summed E-state index contributed by atoms with van der Waals surface area (Å²) >= 11 is 0. The minimum absolute atomic E-state index is 0.0983. The van der Waals surface area contributed by atoms with Gasteiger partial charge in [-0.15, -0.1) is 0 Å². The van der Waals surface area contributed by atoms with Crippen LogP contribution in [0.1, 0.15) is 6.92 Å². The molecule has 2 aliphatic rings. The van der Waals surface area contributed by atoms with E-state index in [1.54, 1.807) is 6.92 Å². The standard InChI is InChI=1S/C10H12FN3O5/c1-4-2-5(8(12)15)13-3-6(4)14(10(13)18)19-7(11)9(16)17/h2,5-7H,3H2,1H3,(H2,12,15)(H,16,17)/t5-,6-,7-/m0/s1. The second-order valence-electron chi connectivity index (χ2n) is 4.29. The lowest BCUT2D eigenvalue weighted by molar-refractivity contribution is -0.220. The molecule has 104 valence electrons. The summed E-state index contributed by atoms with van der Waals surface area (Å²) < 4.78 is 13.0. The van der Waals surface area contributed by atoms with Gasteiger partial charge in [0, 0.05) is 0 Å². The first kappa shape index (κ1) is 13.3. The number of hydrogen-bond donors (Lipinski definition) is 2. The van der Waals surface area contributed by atoms with Gasteiger partial charge >= 0.3 is 18.4 Å². The van der Waals surface area contributed by atoms with E-state index in [-0.39, 0.29) is 6.54 Å². The van der Waals surface area contributed by atoms with Crippen molar-refractivity contribution >= 4 is 17.9 Å². The van der Waals surface area contributed by atoms with Crippen molar-refractivity contribution in [2.45, 2.75) is 25.4 Å². The van der Waals surface area contributed by atoms with Crippen molar-refractivity contribution in [2.75, 3.05) is 6.54 Å². The molecule has 2 bridgehead atoms. The van der Waals surface area contributed by atoms with Gasteiger partial charge in [-0.2, -0.15) is 5.06 Å².